The van der Waals surface area contributed by atoms with Crippen molar-refractivity contribution in [2.24, 2.45) is 11.8 Å². The van der Waals surface area contributed by atoms with Crippen LogP contribution >= 0.6 is 0 Å². The lowest BCUT2D eigenvalue weighted by Gasteiger charge is -2.60. The Morgan fingerprint density at radius 2 is 1.88 bits per heavy atom. The first-order valence-corrected chi connectivity index (χ1v) is 10.2. The van der Waals surface area contributed by atoms with E-state index in [1.807, 2.05) is 4.68 Å². The first-order chi connectivity index (χ1) is 12.5. The van der Waals surface area contributed by atoms with E-state index in [1.165, 1.54) is 25.7 Å². The van der Waals surface area contributed by atoms with Gasteiger partial charge in [0.15, 0.2) is 0 Å². The number of hydrogen-bond donors (Lipinski definition) is 3. The Labute approximate surface area is 153 Å². The Kier molecular flexibility index (Phi) is 3.78. The van der Waals surface area contributed by atoms with E-state index in [2.05, 4.69) is 20.7 Å². The van der Waals surface area contributed by atoms with Crippen LogP contribution in [0.5, 0.6) is 0 Å². The Hall–Kier alpha value is -1.63. The van der Waals surface area contributed by atoms with Crippen LogP contribution < -0.4 is 10.6 Å². The summed E-state index contributed by atoms with van der Waals surface area (Å²) in [6.45, 7) is 0. The summed E-state index contributed by atoms with van der Waals surface area (Å²) in [7, 11) is 0. The van der Waals surface area contributed by atoms with E-state index in [0.717, 1.165) is 38.5 Å². The topological polar surface area (TPSA) is 92.1 Å². The molecular weight excluding hydrogens is 330 g/mol. The number of carbonyl (C=O) groups is 1. The van der Waals surface area contributed by atoms with Crippen molar-refractivity contribution in [1.29, 1.82) is 0 Å². The SMILES string of the molecule is O=C(Nc1ncn(C2CCCCC2)n1)NC12CC3CC(CC(O)(C3)C1)C2. The third-order valence-corrected chi connectivity index (χ3v) is 7.09. The Bertz CT molecular complexity index is 682. The molecule has 5 aliphatic carbocycles. The van der Waals surface area contributed by atoms with Gasteiger partial charge in [0.25, 0.3) is 0 Å². The fourth-order valence-corrected chi connectivity index (χ4v) is 6.59. The maximum Gasteiger partial charge on any atom is 0.322 e. The van der Waals surface area contributed by atoms with Gasteiger partial charge in [0.05, 0.1) is 11.6 Å². The number of urea groups is 1. The Morgan fingerprint density at radius 3 is 2.58 bits per heavy atom. The van der Waals surface area contributed by atoms with Gasteiger partial charge in [-0.15, -0.1) is 5.10 Å². The van der Waals surface area contributed by atoms with Crippen molar-refractivity contribution < 1.29 is 9.90 Å². The molecule has 2 atom stereocenters. The lowest BCUT2D eigenvalue weighted by atomic mass is 9.51. The highest BCUT2D eigenvalue weighted by Gasteiger charge is 2.57. The third kappa shape index (κ3) is 3.00. The zero-order valence-corrected chi connectivity index (χ0v) is 15.3. The van der Waals surface area contributed by atoms with Gasteiger partial charge < -0.3 is 10.4 Å². The van der Waals surface area contributed by atoms with E-state index in [1.54, 1.807) is 6.33 Å². The normalized spacial score (nSPS) is 39.1. The summed E-state index contributed by atoms with van der Waals surface area (Å²) in [5.41, 5.74) is -0.826. The maximum atomic E-state index is 12.6. The van der Waals surface area contributed by atoms with E-state index in [0.29, 0.717) is 30.2 Å². The minimum atomic E-state index is -0.571. The van der Waals surface area contributed by atoms with Crippen LogP contribution in [0.3, 0.4) is 0 Å². The monoisotopic (exact) mass is 359 g/mol. The molecule has 5 fully saturated rings. The maximum absolute atomic E-state index is 12.6. The van der Waals surface area contributed by atoms with Crippen molar-refractivity contribution in [3.05, 3.63) is 6.33 Å². The molecule has 1 aromatic heterocycles. The molecular formula is C19H29N5O2. The molecule has 5 saturated carbocycles. The first kappa shape index (κ1) is 16.5. The highest BCUT2D eigenvalue weighted by molar-refractivity contribution is 5.87. The van der Waals surface area contributed by atoms with Gasteiger partial charge in [-0.1, -0.05) is 19.3 Å². The summed E-state index contributed by atoms with van der Waals surface area (Å²) in [5.74, 6) is 1.46. The first-order valence-electron chi connectivity index (χ1n) is 10.2. The second kappa shape index (κ2) is 5.94. The largest absolute Gasteiger partial charge is 0.390 e. The molecule has 0 saturated heterocycles. The van der Waals surface area contributed by atoms with Crippen molar-refractivity contribution in [2.45, 2.75) is 87.8 Å². The van der Waals surface area contributed by atoms with Crippen LogP contribution in [-0.4, -0.2) is 37.0 Å². The standard InChI is InChI=1S/C19H29N5O2/c25-17(21-16-20-12-24(23-16)15-4-2-1-3-5-15)22-18-7-13-6-14(8-18)10-19(26,9-13)11-18/h12-15,26H,1-11H2,(H2,21,22,23,25). The molecule has 2 unspecified atom stereocenters. The number of hydrogen-bond acceptors (Lipinski definition) is 4. The fourth-order valence-electron chi connectivity index (χ4n) is 6.59. The summed E-state index contributed by atoms with van der Waals surface area (Å²) in [6, 6.07) is 0.171. The second-order valence-corrected chi connectivity index (χ2v) is 9.38. The van der Waals surface area contributed by atoms with Crippen molar-refractivity contribution >= 4 is 12.0 Å². The highest BCUT2D eigenvalue weighted by Crippen LogP contribution is 2.57. The average molecular weight is 359 g/mol. The quantitative estimate of drug-likeness (QED) is 0.773. The summed E-state index contributed by atoms with van der Waals surface area (Å²) >= 11 is 0. The van der Waals surface area contributed by atoms with Gasteiger partial charge >= 0.3 is 6.03 Å². The number of nitrogens with one attached hydrogen (secondary N) is 2. The van der Waals surface area contributed by atoms with Gasteiger partial charge in [-0.2, -0.15) is 0 Å². The minimum absolute atomic E-state index is 0.239. The van der Waals surface area contributed by atoms with Crippen LogP contribution in [0.15, 0.2) is 6.33 Å². The molecule has 1 aromatic rings. The van der Waals surface area contributed by atoms with E-state index in [4.69, 9.17) is 0 Å². The predicted octanol–water partition coefficient (Wildman–Crippen LogP) is 2.99. The minimum Gasteiger partial charge on any atom is -0.390 e. The van der Waals surface area contributed by atoms with Gasteiger partial charge in [0.1, 0.15) is 6.33 Å². The van der Waals surface area contributed by atoms with Gasteiger partial charge in [0, 0.05) is 5.54 Å². The van der Waals surface area contributed by atoms with Crippen molar-refractivity contribution in [1.82, 2.24) is 20.1 Å². The van der Waals surface area contributed by atoms with Gasteiger partial charge in [-0.05, 0) is 63.2 Å². The van der Waals surface area contributed by atoms with Gasteiger partial charge in [0.2, 0.25) is 5.95 Å². The number of anilines is 1. The van der Waals surface area contributed by atoms with Crippen LogP contribution in [-0.2, 0) is 0 Å². The van der Waals surface area contributed by atoms with Crippen molar-refractivity contribution in [3.63, 3.8) is 0 Å². The number of aromatic nitrogens is 3. The lowest BCUT2D eigenvalue weighted by molar-refractivity contribution is -0.138. The van der Waals surface area contributed by atoms with Crippen LogP contribution in [0.4, 0.5) is 10.7 Å². The number of carbonyl (C=O) groups excluding carboxylic acids is 1. The molecule has 2 amide bonds. The molecule has 0 aromatic carbocycles. The number of nitrogens with zero attached hydrogens (tertiary/aromatic N) is 3. The molecule has 7 nitrogen and oxygen atoms in total. The lowest BCUT2D eigenvalue weighted by Crippen LogP contribution is -2.65. The highest BCUT2D eigenvalue weighted by atomic mass is 16.3. The number of rotatable bonds is 3. The summed E-state index contributed by atoms with van der Waals surface area (Å²) in [6.07, 6.45) is 13.5. The predicted molar refractivity (Wildman–Crippen MR) is 96.7 cm³/mol. The van der Waals surface area contributed by atoms with Crippen molar-refractivity contribution in [2.75, 3.05) is 5.32 Å². The van der Waals surface area contributed by atoms with E-state index >= 15 is 0 Å². The summed E-state index contributed by atoms with van der Waals surface area (Å²) < 4.78 is 1.90. The molecule has 0 aliphatic heterocycles. The molecule has 0 spiro atoms. The van der Waals surface area contributed by atoms with Crippen LogP contribution in [0.1, 0.15) is 76.7 Å². The molecule has 3 N–H and O–H groups in total. The van der Waals surface area contributed by atoms with E-state index in [-0.39, 0.29) is 11.6 Å². The van der Waals surface area contributed by atoms with Gasteiger partial charge in [-0.25, -0.2) is 14.5 Å². The molecule has 142 valence electrons. The molecule has 0 radical (unpaired) electrons. The number of aliphatic hydroxyl groups is 1. The second-order valence-electron chi connectivity index (χ2n) is 9.38. The number of amides is 2. The fraction of sp³-hybridized carbons (Fsp3) is 0.842. The van der Waals surface area contributed by atoms with Crippen LogP contribution in [0.25, 0.3) is 0 Å². The zero-order chi connectivity index (χ0) is 17.8. The Balaban J connectivity index is 1.23. The average Bonchev–Trinajstić information content (AvgIpc) is 3.01. The van der Waals surface area contributed by atoms with Crippen LogP contribution in [0, 0.1) is 11.8 Å². The molecule has 1 heterocycles. The van der Waals surface area contributed by atoms with E-state index < -0.39 is 5.60 Å². The molecule has 6 rings (SSSR count). The van der Waals surface area contributed by atoms with Gasteiger partial charge in [-0.3, -0.25) is 5.32 Å². The molecule has 7 heteroatoms. The van der Waals surface area contributed by atoms with E-state index in [9.17, 15) is 9.90 Å². The van der Waals surface area contributed by atoms with Crippen LogP contribution in [0.2, 0.25) is 0 Å². The third-order valence-electron chi connectivity index (χ3n) is 7.09. The van der Waals surface area contributed by atoms with Crippen molar-refractivity contribution in [3.8, 4) is 0 Å². The summed E-state index contributed by atoms with van der Waals surface area (Å²) in [5, 5.41) is 21.3. The molecule has 4 bridgehead atoms. The molecule has 5 aliphatic rings. The smallest absolute Gasteiger partial charge is 0.322 e. The Morgan fingerprint density at radius 1 is 1.15 bits per heavy atom. The zero-order valence-electron chi connectivity index (χ0n) is 15.3. The molecule has 26 heavy (non-hydrogen) atoms. The summed E-state index contributed by atoms with van der Waals surface area (Å²) in [4.78, 5) is 16.9.